The summed E-state index contributed by atoms with van der Waals surface area (Å²) in [4.78, 5) is 22.2. The van der Waals surface area contributed by atoms with E-state index < -0.39 is 29.7 Å². The van der Waals surface area contributed by atoms with Crippen molar-refractivity contribution in [1.29, 1.82) is 0 Å². The van der Waals surface area contributed by atoms with Gasteiger partial charge in [0.15, 0.2) is 0 Å². The highest BCUT2D eigenvalue weighted by molar-refractivity contribution is 5.78. The second-order valence-corrected chi connectivity index (χ2v) is 3.92. The number of primary amides is 1. The predicted molar refractivity (Wildman–Crippen MR) is 53.2 cm³/mol. The quantitative estimate of drug-likeness (QED) is 0.537. The molecule has 1 rings (SSSR count). The molecule has 1 aliphatic heterocycles. The average molecular weight is 232 g/mol. The van der Waals surface area contributed by atoms with Crippen LogP contribution in [0.1, 0.15) is 13.3 Å². The lowest BCUT2D eigenvalue weighted by Gasteiger charge is -2.24. The third-order valence-corrected chi connectivity index (χ3v) is 2.77. The first-order chi connectivity index (χ1) is 7.43. The van der Waals surface area contributed by atoms with Crippen molar-refractivity contribution in [2.45, 2.75) is 25.7 Å². The molecule has 7 heteroatoms. The van der Waals surface area contributed by atoms with Gasteiger partial charge in [-0.2, -0.15) is 0 Å². The Kier molecular flexibility index (Phi) is 3.71. The summed E-state index contributed by atoms with van der Waals surface area (Å²) >= 11 is 0. The molecule has 7 nitrogen and oxygen atoms in total. The summed E-state index contributed by atoms with van der Waals surface area (Å²) in [5, 5.41) is 11.5. The van der Waals surface area contributed by atoms with Crippen molar-refractivity contribution in [3.8, 4) is 0 Å². The zero-order chi connectivity index (χ0) is 12.3. The fourth-order valence-electron chi connectivity index (χ4n) is 1.85. The fourth-order valence-corrected chi connectivity index (χ4v) is 1.85. The smallest absolute Gasteiger partial charge is 0.314 e. The van der Waals surface area contributed by atoms with Gasteiger partial charge in [-0.3, -0.25) is 4.79 Å². The SMILES string of the molecule is COC(=O)C1(C)C[C@H](NC(N)=O)O[C@@H]1CO. The topological polar surface area (TPSA) is 111 Å². The molecular weight excluding hydrogens is 216 g/mol. The summed E-state index contributed by atoms with van der Waals surface area (Å²) in [7, 11) is 1.26. The van der Waals surface area contributed by atoms with Gasteiger partial charge >= 0.3 is 12.0 Å². The summed E-state index contributed by atoms with van der Waals surface area (Å²) < 4.78 is 9.95. The van der Waals surface area contributed by atoms with E-state index in [1.807, 2.05) is 0 Å². The number of aliphatic hydroxyl groups excluding tert-OH is 1. The lowest BCUT2D eigenvalue weighted by Crippen LogP contribution is -2.39. The molecule has 0 radical (unpaired) electrons. The number of ether oxygens (including phenoxy) is 2. The van der Waals surface area contributed by atoms with Crippen molar-refractivity contribution in [2.75, 3.05) is 13.7 Å². The highest BCUT2D eigenvalue weighted by Gasteiger charge is 2.51. The maximum atomic E-state index is 11.6. The zero-order valence-electron chi connectivity index (χ0n) is 9.23. The Labute approximate surface area is 92.9 Å². The highest BCUT2D eigenvalue weighted by atomic mass is 16.5. The van der Waals surface area contributed by atoms with Crippen LogP contribution in [0.3, 0.4) is 0 Å². The Morgan fingerprint density at radius 2 is 2.31 bits per heavy atom. The van der Waals surface area contributed by atoms with Gasteiger partial charge < -0.3 is 25.6 Å². The first kappa shape index (κ1) is 12.7. The van der Waals surface area contributed by atoms with Crippen LogP contribution in [0.5, 0.6) is 0 Å². The predicted octanol–water partition coefficient (Wildman–Crippen LogP) is -1.06. The number of rotatable bonds is 3. The lowest BCUT2D eigenvalue weighted by molar-refractivity contribution is -0.156. The minimum atomic E-state index is -0.976. The van der Waals surface area contributed by atoms with Gasteiger partial charge in [0, 0.05) is 6.42 Å². The Bertz CT molecular complexity index is 296. The van der Waals surface area contributed by atoms with Gasteiger partial charge in [-0.1, -0.05) is 0 Å². The monoisotopic (exact) mass is 232 g/mol. The van der Waals surface area contributed by atoms with Crippen molar-refractivity contribution in [3.63, 3.8) is 0 Å². The maximum Gasteiger partial charge on any atom is 0.314 e. The third-order valence-electron chi connectivity index (χ3n) is 2.77. The zero-order valence-corrected chi connectivity index (χ0v) is 9.23. The number of urea groups is 1. The second kappa shape index (κ2) is 4.67. The molecule has 92 valence electrons. The van der Waals surface area contributed by atoms with Crippen LogP contribution in [-0.4, -0.2) is 43.2 Å². The molecule has 1 aliphatic rings. The lowest BCUT2D eigenvalue weighted by atomic mass is 9.83. The van der Waals surface area contributed by atoms with Crippen LogP contribution in [0, 0.1) is 5.41 Å². The molecule has 0 aromatic heterocycles. The number of methoxy groups -OCH3 is 1. The summed E-state index contributed by atoms with van der Waals surface area (Å²) in [6.45, 7) is 1.28. The van der Waals surface area contributed by atoms with Gasteiger partial charge in [-0.25, -0.2) is 4.79 Å². The summed E-state index contributed by atoms with van der Waals surface area (Å²) in [5.41, 5.74) is 3.97. The van der Waals surface area contributed by atoms with E-state index in [2.05, 4.69) is 10.1 Å². The minimum absolute atomic E-state index is 0.216. The number of nitrogens with two attached hydrogens (primary N) is 1. The largest absolute Gasteiger partial charge is 0.469 e. The molecule has 1 unspecified atom stereocenters. The number of carbonyl (C=O) groups excluding carboxylic acids is 2. The first-order valence-corrected chi connectivity index (χ1v) is 4.84. The van der Waals surface area contributed by atoms with Crippen LogP contribution < -0.4 is 11.1 Å². The summed E-state index contributed by atoms with van der Waals surface area (Å²) in [6.07, 6.45) is -1.18. The van der Waals surface area contributed by atoms with Crippen molar-refractivity contribution in [1.82, 2.24) is 5.32 Å². The molecule has 1 fully saturated rings. The highest BCUT2D eigenvalue weighted by Crippen LogP contribution is 2.38. The molecule has 0 saturated carbocycles. The van der Waals surface area contributed by atoms with Crippen molar-refractivity contribution in [2.24, 2.45) is 11.1 Å². The van der Waals surface area contributed by atoms with Gasteiger partial charge in [-0.05, 0) is 6.92 Å². The van der Waals surface area contributed by atoms with Gasteiger partial charge in [0.05, 0.1) is 25.2 Å². The van der Waals surface area contributed by atoms with E-state index in [4.69, 9.17) is 15.6 Å². The van der Waals surface area contributed by atoms with Crippen molar-refractivity contribution < 1.29 is 24.2 Å². The summed E-state index contributed by atoms with van der Waals surface area (Å²) in [5.74, 6) is -0.486. The van der Waals surface area contributed by atoms with E-state index in [1.54, 1.807) is 6.92 Å². The molecule has 0 aromatic rings. The molecule has 4 N–H and O–H groups in total. The van der Waals surface area contributed by atoms with E-state index >= 15 is 0 Å². The molecule has 0 bridgehead atoms. The molecule has 16 heavy (non-hydrogen) atoms. The van der Waals surface area contributed by atoms with E-state index in [-0.39, 0.29) is 13.0 Å². The molecule has 1 saturated heterocycles. The van der Waals surface area contributed by atoms with E-state index in [1.165, 1.54) is 7.11 Å². The number of amides is 2. The van der Waals surface area contributed by atoms with Crippen LogP contribution in [-0.2, 0) is 14.3 Å². The average Bonchev–Trinajstić information content (AvgIpc) is 2.53. The van der Waals surface area contributed by atoms with Gasteiger partial charge in [-0.15, -0.1) is 0 Å². The van der Waals surface area contributed by atoms with Crippen LogP contribution in [0.15, 0.2) is 0 Å². The van der Waals surface area contributed by atoms with Crippen LogP contribution in [0.25, 0.3) is 0 Å². The molecule has 3 atom stereocenters. The molecule has 1 heterocycles. The molecule has 0 aromatic carbocycles. The molecule has 0 spiro atoms. The minimum Gasteiger partial charge on any atom is -0.469 e. The molecule has 2 amide bonds. The van der Waals surface area contributed by atoms with Gasteiger partial charge in [0.2, 0.25) is 0 Å². The number of carbonyl (C=O) groups is 2. The molecule has 0 aliphatic carbocycles. The van der Waals surface area contributed by atoms with Gasteiger partial charge in [0.25, 0.3) is 0 Å². The number of esters is 1. The third kappa shape index (κ3) is 2.25. The maximum absolute atomic E-state index is 11.6. The molecular formula is C9H16N2O5. The number of nitrogens with one attached hydrogen (secondary N) is 1. The van der Waals surface area contributed by atoms with Crippen LogP contribution in [0.2, 0.25) is 0 Å². The normalized spacial score (nSPS) is 33.4. The van der Waals surface area contributed by atoms with Crippen molar-refractivity contribution in [3.05, 3.63) is 0 Å². The number of hydrogen-bond donors (Lipinski definition) is 3. The Morgan fingerprint density at radius 1 is 1.69 bits per heavy atom. The van der Waals surface area contributed by atoms with Crippen LogP contribution in [0.4, 0.5) is 4.79 Å². The number of aliphatic hydroxyl groups is 1. The summed E-state index contributed by atoms with van der Waals surface area (Å²) in [6, 6.07) is -0.740. The Balaban J connectivity index is 2.78. The van der Waals surface area contributed by atoms with Gasteiger partial charge in [0.1, 0.15) is 6.23 Å². The number of hydrogen-bond acceptors (Lipinski definition) is 5. The van der Waals surface area contributed by atoms with Crippen LogP contribution >= 0.6 is 0 Å². The Hall–Kier alpha value is -1.34. The second-order valence-electron chi connectivity index (χ2n) is 3.92. The first-order valence-electron chi connectivity index (χ1n) is 4.84. The van der Waals surface area contributed by atoms with E-state index in [0.29, 0.717) is 0 Å². The standard InChI is InChI=1S/C9H16N2O5/c1-9(7(13)15-2)3-6(11-8(10)14)16-5(9)4-12/h5-6,12H,3-4H2,1-2H3,(H3,10,11,14)/t5-,6-,9?/m1/s1. The fraction of sp³-hybridized carbons (Fsp3) is 0.778. The van der Waals surface area contributed by atoms with E-state index in [9.17, 15) is 9.59 Å². The Morgan fingerprint density at radius 3 is 2.75 bits per heavy atom. The van der Waals surface area contributed by atoms with Crippen molar-refractivity contribution >= 4 is 12.0 Å². The van der Waals surface area contributed by atoms with E-state index in [0.717, 1.165) is 0 Å².